The highest BCUT2D eigenvalue weighted by molar-refractivity contribution is 5.86. The molecule has 0 aromatic rings. The molecule has 22 heavy (non-hydrogen) atoms. The second-order valence-corrected chi connectivity index (χ2v) is 9.20. The first kappa shape index (κ1) is 15.1. The lowest BCUT2D eigenvalue weighted by molar-refractivity contribution is -0.138. The summed E-state index contributed by atoms with van der Waals surface area (Å²) < 4.78 is 0. The molecular formula is C19H30O3. The summed E-state index contributed by atoms with van der Waals surface area (Å²) in [6.45, 7) is 4.61. The summed E-state index contributed by atoms with van der Waals surface area (Å²) in [5.41, 5.74) is 0.176. The van der Waals surface area contributed by atoms with Crippen molar-refractivity contribution in [2.45, 2.75) is 77.4 Å². The molecule has 0 radical (unpaired) electrons. The summed E-state index contributed by atoms with van der Waals surface area (Å²) >= 11 is 0. The first-order valence-corrected chi connectivity index (χ1v) is 9.25. The van der Waals surface area contributed by atoms with E-state index in [9.17, 15) is 15.0 Å². The van der Waals surface area contributed by atoms with E-state index in [1.165, 1.54) is 12.8 Å². The number of carbonyl (C=O) groups is 1. The molecule has 8 atom stereocenters. The van der Waals surface area contributed by atoms with Crippen LogP contribution in [0.5, 0.6) is 0 Å². The number of hydrogen-bond acceptors (Lipinski definition) is 3. The normalized spacial score (nSPS) is 57.9. The number of carbonyl (C=O) groups excluding carboxylic acids is 1. The molecule has 0 amide bonds. The molecule has 4 aliphatic carbocycles. The molecule has 0 heterocycles. The molecule has 0 aromatic carbocycles. The van der Waals surface area contributed by atoms with Crippen molar-refractivity contribution in [1.29, 1.82) is 0 Å². The van der Waals surface area contributed by atoms with Gasteiger partial charge in [-0.05, 0) is 74.0 Å². The van der Waals surface area contributed by atoms with Crippen LogP contribution in [0, 0.1) is 34.5 Å². The predicted octanol–water partition coefficient (Wildman–Crippen LogP) is 2.93. The lowest BCUT2D eigenvalue weighted by atomic mass is 9.45. The van der Waals surface area contributed by atoms with Gasteiger partial charge in [0.15, 0.2) is 5.78 Å². The molecule has 3 nitrogen and oxygen atoms in total. The molecule has 4 fully saturated rings. The van der Waals surface area contributed by atoms with E-state index in [-0.39, 0.29) is 17.3 Å². The van der Waals surface area contributed by atoms with Crippen molar-refractivity contribution < 1.29 is 15.0 Å². The molecule has 0 spiro atoms. The number of Topliss-reactive ketones (excluding diaryl/α,β-unsaturated/α-hetero) is 1. The molecule has 6 unspecified atom stereocenters. The fraction of sp³-hybridized carbons (Fsp3) is 0.947. The van der Waals surface area contributed by atoms with E-state index < -0.39 is 6.10 Å². The van der Waals surface area contributed by atoms with Crippen molar-refractivity contribution >= 4 is 5.78 Å². The average molecular weight is 306 g/mol. The number of ketones is 1. The van der Waals surface area contributed by atoms with Crippen molar-refractivity contribution in [3.05, 3.63) is 0 Å². The third kappa shape index (κ3) is 1.84. The molecule has 0 saturated heterocycles. The molecule has 0 aromatic heterocycles. The van der Waals surface area contributed by atoms with Gasteiger partial charge in [-0.25, -0.2) is 0 Å². The van der Waals surface area contributed by atoms with E-state index in [4.69, 9.17) is 0 Å². The van der Waals surface area contributed by atoms with Crippen LogP contribution in [0.4, 0.5) is 0 Å². The van der Waals surface area contributed by atoms with Crippen molar-refractivity contribution in [3.63, 3.8) is 0 Å². The van der Waals surface area contributed by atoms with Gasteiger partial charge in [0, 0.05) is 11.8 Å². The minimum absolute atomic E-state index is 0.0829. The maximum Gasteiger partial charge on any atom is 0.162 e. The standard InChI is InChI=1S/C19H30O3/c1-18-7-5-12(20)9-11(18)3-4-13-14(18)6-8-19(2)15(13)10-16(21)17(19)22/h11-15,17,20,22H,3-10H2,1-2H3/t11-,12+,13?,14?,15?,17?,18?,19?/m0/s1. The van der Waals surface area contributed by atoms with E-state index in [0.29, 0.717) is 35.5 Å². The molecular weight excluding hydrogens is 276 g/mol. The van der Waals surface area contributed by atoms with Gasteiger partial charge in [-0.15, -0.1) is 0 Å². The highest BCUT2D eigenvalue weighted by Gasteiger charge is 2.62. The number of hydrogen-bond donors (Lipinski definition) is 2. The van der Waals surface area contributed by atoms with Gasteiger partial charge in [0.2, 0.25) is 0 Å². The Morgan fingerprint density at radius 3 is 2.45 bits per heavy atom. The Morgan fingerprint density at radius 2 is 1.68 bits per heavy atom. The van der Waals surface area contributed by atoms with Crippen LogP contribution in [-0.4, -0.2) is 28.2 Å². The predicted molar refractivity (Wildman–Crippen MR) is 84.1 cm³/mol. The van der Waals surface area contributed by atoms with E-state index in [1.807, 2.05) is 0 Å². The number of rotatable bonds is 0. The van der Waals surface area contributed by atoms with Crippen molar-refractivity contribution in [1.82, 2.24) is 0 Å². The van der Waals surface area contributed by atoms with Crippen LogP contribution in [0.3, 0.4) is 0 Å². The molecule has 4 saturated carbocycles. The number of fused-ring (bicyclic) bond motifs is 5. The maximum absolute atomic E-state index is 12.1. The second kappa shape index (κ2) is 4.80. The lowest BCUT2D eigenvalue weighted by Crippen LogP contribution is -2.54. The summed E-state index contributed by atoms with van der Waals surface area (Å²) in [5.74, 6) is 2.42. The zero-order valence-corrected chi connectivity index (χ0v) is 13.9. The van der Waals surface area contributed by atoms with Crippen molar-refractivity contribution in [2.24, 2.45) is 34.5 Å². The fourth-order valence-electron chi connectivity index (χ4n) is 7.00. The smallest absolute Gasteiger partial charge is 0.162 e. The zero-order valence-electron chi connectivity index (χ0n) is 13.9. The Bertz CT molecular complexity index is 489. The van der Waals surface area contributed by atoms with Crippen LogP contribution >= 0.6 is 0 Å². The van der Waals surface area contributed by atoms with Gasteiger partial charge < -0.3 is 10.2 Å². The minimum atomic E-state index is -0.725. The van der Waals surface area contributed by atoms with Gasteiger partial charge in [-0.2, -0.15) is 0 Å². The van der Waals surface area contributed by atoms with E-state index in [1.54, 1.807) is 0 Å². The summed E-state index contributed by atoms with van der Waals surface area (Å²) in [6.07, 6.45) is 7.38. The molecule has 0 aliphatic heterocycles. The van der Waals surface area contributed by atoms with Crippen LogP contribution in [0.2, 0.25) is 0 Å². The first-order valence-electron chi connectivity index (χ1n) is 9.25. The Labute approximate surface area is 133 Å². The van der Waals surface area contributed by atoms with Crippen LogP contribution in [-0.2, 0) is 4.79 Å². The van der Waals surface area contributed by atoms with Gasteiger partial charge >= 0.3 is 0 Å². The molecule has 4 aliphatic rings. The van der Waals surface area contributed by atoms with Crippen LogP contribution in [0.15, 0.2) is 0 Å². The highest BCUT2D eigenvalue weighted by atomic mass is 16.3. The molecule has 3 heteroatoms. The maximum atomic E-state index is 12.1. The third-order valence-corrected chi connectivity index (χ3v) is 8.43. The topological polar surface area (TPSA) is 57.5 Å². The van der Waals surface area contributed by atoms with Gasteiger partial charge in [0.25, 0.3) is 0 Å². The second-order valence-electron chi connectivity index (χ2n) is 9.20. The lowest BCUT2D eigenvalue weighted by Gasteiger charge is -2.60. The van der Waals surface area contributed by atoms with Gasteiger partial charge in [-0.3, -0.25) is 4.79 Å². The van der Waals surface area contributed by atoms with Gasteiger partial charge in [-0.1, -0.05) is 13.8 Å². The molecule has 124 valence electrons. The zero-order chi connectivity index (χ0) is 15.7. The quantitative estimate of drug-likeness (QED) is 0.723. The van der Waals surface area contributed by atoms with Gasteiger partial charge in [0.05, 0.1) is 6.10 Å². The Balaban J connectivity index is 1.64. The van der Waals surface area contributed by atoms with Crippen LogP contribution in [0.1, 0.15) is 65.2 Å². The summed E-state index contributed by atoms with van der Waals surface area (Å²) in [4.78, 5) is 12.1. The van der Waals surface area contributed by atoms with Crippen LogP contribution in [0.25, 0.3) is 0 Å². The summed E-state index contributed by atoms with van der Waals surface area (Å²) in [7, 11) is 0. The molecule has 4 rings (SSSR count). The monoisotopic (exact) mass is 306 g/mol. The minimum Gasteiger partial charge on any atom is -0.393 e. The Hall–Kier alpha value is -0.410. The molecule has 2 N–H and O–H groups in total. The molecule has 0 bridgehead atoms. The average Bonchev–Trinajstić information content (AvgIpc) is 2.72. The summed E-state index contributed by atoms with van der Waals surface area (Å²) in [5, 5.41) is 20.4. The third-order valence-electron chi connectivity index (χ3n) is 8.43. The number of aliphatic hydroxyl groups is 2. The highest BCUT2D eigenvalue weighted by Crippen LogP contribution is 2.65. The van der Waals surface area contributed by atoms with Crippen molar-refractivity contribution in [2.75, 3.05) is 0 Å². The Kier molecular flexibility index (Phi) is 3.30. The SMILES string of the molecule is CC12CCC3C(CC[C@H]4C[C@H](O)CCC34C)C1CC(=O)C2O. The summed E-state index contributed by atoms with van der Waals surface area (Å²) in [6, 6.07) is 0. The van der Waals surface area contributed by atoms with Crippen LogP contribution < -0.4 is 0 Å². The van der Waals surface area contributed by atoms with E-state index >= 15 is 0 Å². The van der Waals surface area contributed by atoms with E-state index in [0.717, 1.165) is 32.1 Å². The fourth-order valence-corrected chi connectivity index (χ4v) is 7.00. The largest absolute Gasteiger partial charge is 0.393 e. The Morgan fingerprint density at radius 1 is 0.955 bits per heavy atom. The number of aliphatic hydroxyl groups excluding tert-OH is 2. The first-order chi connectivity index (χ1) is 10.4. The van der Waals surface area contributed by atoms with Gasteiger partial charge in [0.1, 0.15) is 6.10 Å². The van der Waals surface area contributed by atoms with E-state index in [2.05, 4.69) is 13.8 Å². The van der Waals surface area contributed by atoms with Crippen molar-refractivity contribution in [3.8, 4) is 0 Å².